The van der Waals surface area contributed by atoms with E-state index in [1.807, 2.05) is 0 Å². The molecule has 25 heavy (non-hydrogen) atoms. The highest BCUT2D eigenvalue weighted by Gasteiger charge is 2.35. The topological polar surface area (TPSA) is 92.5 Å². The normalized spacial score (nSPS) is 20.2. The van der Waals surface area contributed by atoms with E-state index in [4.69, 9.17) is 5.73 Å². The van der Waals surface area contributed by atoms with Gasteiger partial charge in [0.25, 0.3) is 5.91 Å². The summed E-state index contributed by atoms with van der Waals surface area (Å²) in [5.74, 6) is -0.0873. The van der Waals surface area contributed by atoms with Crippen LogP contribution < -0.4 is 10.5 Å². The Morgan fingerprint density at radius 3 is 2.32 bits per heavy atom. The van der Waals surface area contributed by atoms with Crippen LogP contribution in [0.25, 0.3) is 0 Å². The summed E-state index contributed by atoms with van der Waals surface area (Å²) in [6.07, 6.45) is 0.767. The first-order valence-electron chi connectivity index (χ1n) is 8.20. The van der Waals surface area contributed by atoms with Gasteiger partial charge in [-0.3, -0.25) is 4.79 Å². The molecule has 2 rings (SSSR count). The maximum atomic E-state index is 12.7. The Balaban J connectivity index is 0.00000312. The Kier molecular flexibility index (Phi) is 7.03. The van der Waals surface area contributed by atoms with Crippen LogP contribution in [-0.2, 0) is 10.0 Å². The fourth-order valence-corrected chi connectivity index (χ4v) is 4.14. The van der Waals surface area contributed by atoms with Gasteiger partial charge in [0.2, 0.25) is 10.0 Å². The summed E-state index contributed by atoms with van der Waals surface area (Å²) in [5.41, 5.74) is 6.47. The largest absolute Gasteiger partial charge is 0.338 e. The van der Waals surface area contributed by atoms with E-state index >= 15 is 0 Å². The maximum Gasteiger partial charge on any atom is 0.253 e. The van der Waals surface area contributed by atoms with Crippen LogP contribution in [0.2, 0.25) is 0 Å². The van der Waals surface area contributed by atoms with Crippen molar-refractivity contribution in [3.05, 3.63) is 29.8 Å². The van der Waals surface area contributed by atoms with E-state index < -0.39 is 10.0 Å². The molecule has 1 aliphatic rings. The van der Waals surface area contributed by atoms with Gasteiger partial charge in [0.05, 0.1) is 4.90 Å². The summed E-state index contributed by atoms with van der Waals surface area (Å²) in [7, 11) is -3.54. The lowest BCUT2D eigenvalue weighted by Crippen LogP contribution is -2.54. The van der Waals surface area contributed by atoms with E-state index in [0.29, 0.717) is 18.7 Å². The number of carbonyl (C=O) groups excluding carboxylic acids is 1. The van der Waals surface area contributed by atoms with E-state index in [1.165, 1.54) is 12.1 Å². The highest BCUT2D eigenvalue weighted by molar-refractivity contribution is 7.89. The Labute approximate surface area is 156 Å². The predicted octanol–water partition coefficient (Wildman–Crippen LogP) is 1.99. The quantitative estimate of drug-likeness (QED) is 0.823. The third-order valence-electron chi connectivity index (χ3n) is 4.40. The second kappa shape index (κ2) is 8.03. The van der Waals surface area contributed by atoms with Crippen molar-refractivity contribution in [3.63, 3.8) is 0 Å². The minimum Gasteiger partial charge on any atom is -0.338 e. The first-order chi connectivity index (χ1) is 11.0. The van der Waals surface area contributed by atoms with Crippen molar-refractivity contribution < 1.29 is 13.2 Å². The van der Waals surface area contributed by atoms with Crippen molar-refractivity contribution >= 4 is 28.3 Å². The van der Waals surface area contributed by atoms with Crippen molar-refractivity contribution in [3.8, 4) is 0 Å². The monoisotopic (exact) mass is 389 g/mol. The molecule has 1 aliphatic heterocycles. The van der Waals surface area contributed by atoms with E-state index in [1.54, 1.807) is 30.9 Å². The van der Waals surface area contributed by atoms with Gasteiger partial charge in [0.1, 0.15) is 0 Å². The molecule has 1 atom stereocenters. The number of nitrogens with one attached hydrogen (secondary N) is 1. The van der Waals surface area contributed by atoms with Gasteiger partial charge < -0.3 is 10.6 Å². The van der Waals surface area contributed by atoms with E-state index in [2.05, 4.69) is 18.6 Å². The highest BCUT2D eigenvalue weighted by atomic mass is 35.5. The standard InChI is InChI=1S/C17H27N3O3S.ClH/c1-12(2)19-24(22,23)14-7-5-13(6-8-14)16(21)20-10-9-15(18)17(3,4)11-20;/h5-8,12,15,19H,9-11,18H2,1-4H3;1H. The second-order valence-electron chi connectivity index (χ2n) is 7.41. The van der Waals surface area contributed by atoms with Crippen molar-refractivity contribution in [1.29, 1.82) is 0 Å². The molecule has 1 unspecified atom stereocenters. The zero-order valence-corrected chi connectivity index (χ0v) is 16.8. The Bertz CT molecular complexity index is 702. The average molecular weight is 390 g/mol. The minimum absolute atomic E-state index is 0. The van der Waals surface area contributed by atoms with Gasteiger partial charge in [0.15, 0.2) is 0 Å². The number of nitrogens with zero attached hydrogens (tertiary/aromatic N) is 1. The SMILES string of the molecule is CC(C)NS(=O)(=O)c1ccc(C(=O)N2CCC(N)C(C)(C)C2)cc1.Cl. The molecule has 142 valence electrons. The number of hydrogen-bond acceptors (Lipinski definition) is 4. The van der Waals surface area contributed by atoms with Crippen molar-refractivity contribution in [1.82, 2.24) is 9.62 Å². The Morgan fingerprint density at radius 2 is 1.84 bits per heavy atom. The van der Waals surface area contributed by atoms with Crippen LogP contribution in [-0.4, -0.2) is 44.4 Å². The van der Waals surface area contributed by atoms with Crippen LogP contribution in [0.15, 0.2) is 29.2 Å². The fourth-order valence-electron chi connectivity index (χ4n) is 2.88. The number of sulfonamides is 1. The number of likely N-dealkylation sites (tertiary alicyclic amines) is 1. The number of rotatable bonds is 4. The zero-order chi connectivity index (χ0) is 18.1. The molecule has 1 heterocycles. The third-order valence-corrected chi connectivity index (χ3v) is 6.08. The lowest BCUT2D eigenvalue weighted by atomic mass is 9.79. The third kappa shape index (κ3) is 5.17. The summed E-state index contributed by atoms with van der Waals surface area (Å²) in [6.45, 7) is 8.87. The fraction of sp³-hybridized carbons (Fsp3) is 0.588. The Morgan fingerprint density at radius 1 is 1.28 bits per heavy atom. The number of amides is 1. The molecule has 0 aliphatic carbocycles. The van der Waals surface area contributed by atoms with Crippen LogP contribution in [0.3, 0.4) is 0 Å². The number of benzene rings is 1. The molecule has 0 bridgehead atoms. The molecule has 0 aromatic heterocycles. The smallest absolute Gasteiger partial charge is 0.253 e. The molecular weight excluding hydrogens is 362 g/mol. The van der Waals surface area contributed by atoms with Gasteiger partial charge >= 0.3 is 0 Å². The van der Waals surface area contributed by atoms with Crippen molar-refractivity contribution in [2.24, 2.45) is 11.1 Å². The van der Waals surface area contributed by atoms with Crippen LogP contribution in [0.4, 0.5) is 0 Å². The van der Waals surface area contributed by atoms with Gasteiger partial charge in [-0.15, -0.1) is 12.4 Å². The molecule has 1 fully saturated rings. The zero-order valence-electron chi connectivity index (χ0n) is 15.2. The first-order valence-corrected chi connectivity index (χ1v) is 9.68. The highest BCUT2D eigenvalue weighted by Crippen LogP contribution is 2.28. The number of nitrogens with two attached hydrogens (primary N) is 1. The maximum absolute atomic E-state index is 12.7. The summed E-state index contributed by atoms with van der Waals surface area (Å²) in [4.78, 5) is 14.6. The molecule has 0 spiro atoms. The molecule has 6 nitrogen and oxygen atoms in total. The molecule has 0 saturated carbocycles. The van der Waals surface area contributed by atoms with Gasteiger partial charge in [-0.1, -0.05) is 13.8 Å². The molecule has 1 saturated heterocycles. The molecule has 8 heteroatoms. The lowest BCUT2D eigenvalue weighted by Gasteiger charge is -2.42. The number of piperidine rings is 1. The first kappa shape index (κ1) is 21.9. The van der Waals surface area contributed by atoms with E-state index in [0.717, 1.165) is 6.42 Å². The molecule has 3 N–H and O–H groups in total. The Hall–Kier alpha value is -1.15. The van der Waals surface area contributed by atoms with Gasteiger partial charge in [-0.2, -0.15) is 0 Å². The van der Waals surface area contributed by atoms with E-state index in [9.17, 15) is 13.2 Å². The molecule has 1 aromatic rings. The molecule has 1 amide bonds. The van der Waals surface area contributed by atoms with E-state index in [-0.39, 0.29) is 40.7 Å². The van der Waals surface area contributed by atoms with Gasteiger partial charge in [0, 0.05) is 30.7 Å². The van der Waals surface area contributed by atoms with Crippen LogP contribution >= 0.6 is 12.4 Å². The number of halogens is 1. The van der Waals surface area contributed by atoms with Crippen LogP contribution in [0.1, 0.15) is 44.5 Å². The van der Waals surface area contributed by atoms with Gasteiger partial charge in [-0.25, -0.2) is 13.1 Å². The summed E-state index contributed by atoms with van der Waals surface area (Å²) in [6, 6.07) is 5.97. The van der Waals surface area contributed by atoms with Crippen LogP contribution in [0.5, 0.6) is 0 Å². The minimum atomic E-state index is -3.54. The van der Waals surface area contributed by atoms with Crippen LogP contribution in [0, 0.1) is 5.41 Å². The van der Waals surface area contributed by atoms with Crippen molar-refractivity contribution in [2.75, 3.05) is 13.1 Å². The summed E-state index contributed by atoms with van der Waals surface area (Å²) in [5, 5.41) is 0. The summed E-state index contributed by atoms with van der Waals surface area (Å²) < 4.78 is 26.8. The average Bonchev–Trinajstić information content (AvgIpc) is 2.48. The van der Waals surface area contributed by atoms with Gasteiger partial charge in [-0.05, 0) is 49.9 Å². The summed E-state index contributed by atoms with van der Waals surface area (Å²) >= 11 is 0. The lowest BCUT2D eigenvalue weighted by molar-refractivity contribution is 0.0533. The van der Waals surface area contributed by atoms with Crippen molar-refractivity contribution in [2.45, 2.75) is 51.1 Å². The molecule has 0 radical (unpaired) electrons. The predicted molar refractivity (Wildman–Crippen MR) is 101 cm³/mol. The molecular formula is C17H28ClN3O3S. The number of hydrogen-bond donors (Lipinski definition) is 2. The second-order valence-corrected chi connectivity index (χ2v) is 9.12. The molecule has 1 aromatic carbocycles. The number of carbonyl (C=O) groups is 1.